The number of amides is 1. The fourth-order valence-electron chi connectivity index (χ4n) is 2.98. The third-order valence-corrected chi connectivity index (χ3v) is 6.74. The van der Waals surface area contributed by atoms with E-state index in [0.717, 1.165) is 0 Å². The predicted molar refractivity (Wildman–Crippen MR) is 117 cm³/mol. The number of rotatable bonds is 5. The molecule has 9 heteroatoms. The van der Waals surface area contributed by atoms with Crippen LogP contribution < -0.4 is 5.32 Å². The molecule has 0 atom stereocenters. The van der Waals surface area contributed by atoms with Gasteiger partial charge < -0.3 is 9.73 Å². The van der Waals surface area contributed by atoms with E-state index < -0.39 is 21.6 Å². The Balaban J connectivity index is 1.68. The van der Waals surface area contributed by atoms with Gasteiger partial charge in [0.15, 0.2) is 15.4 Å². The van der Waals surface area contributed by atoms with Crippen LogP contribution in [0.5, 0.6) is 0 Å². The zero-order valence-corrected chi connectivity index (χ0v) is 17.8. The first-order chi connectivity index (χ1) is 14.8. The highest BCUT2D eigenvalue weighted by atomic mass is 35.5. The molecule has 1 N–H and O–H groups in total. The monoisotopic (exact) mass is 458 g/mol. The van der Waals surface area contributed by atoms with Crippen LogP contribution in [-0.4, -0.2) is 25.1 Å². The van der Waals surface area contributed by atoms with Gasteiger partial charge in [0.25, 0.3) is 5.91 Å². The Morgan fingerprint density at radius 2 is 1.90 bits per heavy atom. The highest BCUT2D eigenvalue weighted by molar-refractivity contribution is 7.91. The van der Waals surface area contributed by atoms with Crippen LogP contribution in [-0.2, 0) is 9.84 Å². The first-order valence-electron chi connectivity index (χ1n) is 9.27. The summed E-state index contributed by atoms with van der Waals surface area (Å²) in [6, 6.07) is 14.8. The lowest BCUT2D eigenvalue weighted by Gasteiger charge is -2.09. The summed E-state index contributed by atoms with van der Waals surface area (Å²) in [5.41, 5.74) is 1.44. The van der Waals surface area contributed by atoms with E-state index in [1.807, 2.05) is 0 Å². The molecule has 0 saturated carbocycles. The second-order valence-electron chi connectivity index (χ2n) is 6.68. The zero-order chi connectivity index (χ0) is 22.2. The van der Waals surface area contributed by atoms with Crippen LogP contribution in [0.3, 0.4) is 0 Å². The number of sulfone groups is 1. The molecule has 158 valence electrons. The summed E-state index contributed by atoms with van der Waals surface area (Å²) in [5.74, 6) is -1.10. The van der Waals surface area contributed by atoms with Crippen molar-refractivity contribution in [3.8, 4) is 11.5 Å². The van der Waals surface area contributed by atoms with Gasteiger partial charge >= 0.3 is 0 Å². The van der Waals surface area contributed by atoms with Crippen molar-refractivity contribution in [2.75, 3.05) is 11.1 Å². The molecule has 4 rings (SSSR count). The van der Waals surface area contributed by atoms with E-state index in [4.69, 9.17) is 16.0 Å². The second kappa shape index (κ2) is 8.13. The SMILES string of the molecule is CCS(=O)(=O)c1ccc2oc(-c3ccc(Cl)c(NC(=O)c4ccccc4F)c3)nc2c1. The number of halogens is 2. The van der Waals surface area contributed by atoms with Crippen LogP contribution in [0.15, 0.2) is 70.0 Å². The van der Waals surface area contributed by atoms with Gasteiger partial charge in [0, 0.05) is 5.56 Å². The van der Waals surface area contributed by atoms with Crippen LogP contribution in [0.2, 0.25) is 5.02 Å². The average molecular weight is 459 g/mol. The van der Waals surface area contributed by atoms with Crippen molar-refractivity contribution in [3.05, 3.63) is 77.1 Å². The fourth-order valence-corrected chi connectivity index (χ4v) is 4.04. The van der Waals surface area contributed by atoms with Crippen LogP contribution >= 0.6 is 11.6 Å². The van der Waals surface area contributed by atoms with E-state index in [1.54, 1.807) is 37.3 Å². The normalized spacial score (nSPS) is 11.6. The van der Waals surface area contributed by atoms with Crippen molar-refractivity contribution in [1.29, 1.82) is 0 Å². The molecule has 1 aromatic heterocycles. The Morgan fingerprint density at radius 3 is 2.65 bits per heavy atom. The average Bonchev–Trinajstić information content (AvgIpc) is 3.19. The Bertz CT molecular complexity index is 1420. The molecule has 0 radical (unpaired) electrons. The topological polar surface area (TPSA) is 89.3 Å². The quantitative estimate of drug-likeness (QED) is 0.436. The molecule has 4 aromatic rings. The van der Waals surface area contributed by atoms with Gasteiger partial charge in [-0.05, 0) is 48.5 Å². The number of nitrogens with zero attached hydrogens (tertiary/aromatic N) is 1. The van der Waals surface area contributed by atoms with Gasteiger partial charge in [0.1, 0.15) is 11.3 Å². The molecule has 0 aliphatic rings. The zero-order valence-electron chi connectivity index (χ0n) is 16.2. The van der Waals surface area contributed by atoms with E-state index in [0.29, 0.717) is 16.7 Å². The molecule has 0 bridgehead atoms. The number of hydrogen-bond donors (Lipinski definition) is 1. The summed E-state index contributed by atoms with van der Waals surface area (Å²) in [7, 11) is -3.38. The third-order valence-electron chi connectivity index (χ3n) is 4.68. The summed E-state index contributed by atoms with van der Waals surface area (Å²) in [6.07, 6.45) is 0. The van der Waals surface area contributed by atoms with Crippen LogP contribution in [0.4, 0.5) is 10.1 Å². The highest BCUT2D eigenvalue weighted by Gasteiger charge is 2.17. The number of fused-ring (bicyclic) bond motifs is 1. The third kappa shape index (κ3) is 4.17. The van der Waals surface area contributed by atoms with Crippen molar-refractivity contribution < 1.29 is 22.0 Å². The molecule has 0 unspecified atom stereocenters. The number of benzene rings is 3. The molecule has 0 spiro atoms. The van der Waals surface area contributed by atoms with Gasteiger partial charge in [-0.2, -0.15) is 0 Å². The smallest absolute Gasteiger partial charge is 0.258 e. The Kier molecular flexibility index (Phi) is 5.51. The lowest BCUT2D eigenvalue weighted by Crippen LogP contribution is -2.14. The van der Waals surface area contributed by atoms with Crippen LogP contribution in [0.25, 0.3) is 22.6 Å². The summed E-state index contributed by atoms with van der Waals surface area (Å²) in [6.45, 7) is 1.57. The van der Waals surface area contributed by atoms with E-state index >= 15 is 0 Å². The van der Waals surface area contributed by atoms with Crippen molar-refractivity contribution in [2.45, 2.75) is 11.8 Å². The van der Waals surface area contributed by atoms with Crippen molar-refractivity contribution >= 4 is 44.1 Å². The van der Waals surface area contributed by atoms with Gasteiger partial charge in [-0.15, -0.1) is 0 Å². The van der Waals surface area contributed by atoms with Gasteiger partial charge in [0.05, 0.1) is 26.9 Å². The minimum Gasteiger partial charge on any atom is -0.436 e. The Labute approximate surface area is 182 Å². The predicted octanol–water partition coefficient (Wildman–Crippen LogP) is 5.33. The summed E-state index contributed by atoms with van der Waals surface area (Å²) < 4.78 is 43.8. The summed E-state index contributed by atoms with van der Waals surface area (Å²) >= 11 is 6.19. The number of carbonyl (C=O) groups excluding carboxylic acids is 1. The number of oxazole rings is 1. The number of nitrogens with one attached hydrogen (secondary N) is 1. The standard InChI is InChI=1S/C22H16ClFN2O4S/c1-2-31(28,29)14-8-10-20-19(12-14)26-22(30-20)13-7-9-16(23)18(11-13)25-21(27)15-5-3-4-6-17(15)24/h3-12H,2H2,1H3,(H,25,27). The van der Waals surface area contributed by atoms with Gasteiger partial charge in [-0.3, -0.25) is 4.79 Å². The molecule has 0 fully saturated rings. The molecule has 31 heavy (non-hydrogen) atoms. The van der Waals surface area contributed by atoms with Gasteiger partial charge in [-0.25, -0.2) is 17.8 Å². The molecule has 1 amide bonds. The largest absolute Gasteiger partial charge is 0.436 e. The first-order valence-corrected chi connectivity index (χ1v) is 11.3. The summed E-state index contributed by atoms with van der Waals surface area (Å²) in [5, 5.41) is 2.84. The van der Waals surface area contributed by atoms with E-state index in [9.17, 15) is 17.6 Å². The van der Waals surface area contributed by atoms with E-state index in [1.165, 1.54) is 30.3 Å². The first kappa shape index (κ1) is 21.0. The van der Waals surface area contributed by atoms with Crippen molar-refractivity contribution in [1.82, 2.24) is 4.98 Å². The molecule has 0 aliphatic heterocycles. The molecule has 0 saturated heterocycles. The Hall–Kier alpha value is -3.23. The van der Waals surface area contributed by atoms with Gasteiger partial charge in [-0.1, -0.05) is 30.7 Å². The lowest BCUT2D eigenvalue weighted by atomic mass is 10.1. The second-order valence-corrected chi connectivity index (χ2v) is 9.37. The molecule has 3 aromatic carbocycles. The minimum atomic E-state index is -3.38. The lowest BCUT2D eigenvalue weighted by molar-refractivity contribution is 0.102. The number of carbonyl (C=O) groups is 1. The highest BCUT2D eigenvalue weighted by Crippen LogP contribution is 2.31. The maximum absolute atomic E-state index is 13.9. The number of hydrogen-bond acceptors (Lipinski definition) is 5. The van der Waals surface area contributed by atoms with Crippen molar-refractivity contribution in [3.63, 3.8) is 0 Å². The Morgan fingerprint density at radius 1 is 1.13 bits per heavy atom. The van der Waals surface area contributed by atoms with E-state index in [2.05, 4.69) is 10.3 Å². The van der Waals surface area contributed by atoms with E-state index in [-0.39, 0.29) is 32.8 Å². The summed E-state index contributed by atoms with van der Waals surface area (Å²) in [4.78, 5) is 17.0. The molecule has 1 heterocycles. The van der Waals surface area contributed by atoms with Crippen molar-refractivity contribution in [2.24, 2.45) is 0 Å². The molecular formula is C22H16ClFN2O4S. The number of anilines is 1. The van der Waals surface area contributed by atoms with Crippen LogP contribution in [0, 0.1) is 5.82 Å². The fraction of sp³-hybridized carbons (Fsp3) is 0.0909. The van der Waals surface area contributed by atoms with Crippen LogP contribution in [0.1, 0.15) is 17.3 Å². The number of aromatic nitrogens is 1. The van der Waals surface area contributed by atoms with Gasteiger partial charge in [0.2, 0.25) is 5.89 Å². The molecule has 0 aliphatic carbocycles. The maximum Gasteiger partial charge on any atom is 0.258 e. The molecule has 6 nitrogen and oxygen atoms in total. The molecular weight excluding hydrogens is 443 g/mol. The maximum atomic E-state index is 13.9. The minimum absolute atomic E-state index is 0.0224.